The standard InChI is InChI=1S/C17H22N2O3/c1-16(2,3)19-13-7-5-4-6-12(13)17(14(19)20)8-10-18(11-9-17)15(21)22/h4-7H,8-11H2,1-3H3,(H,21,22). The Morgan fingerprint density at radius 2 is 1.77 bits per heavy atom. The zero-order chi connectivity index (χ0) is 16.1. The minimum atomic E-state index is -0.902. The number of hydrogen-bond donors (Lipinski definition) is 1. The van der Waals surface area contributed by atoms with Crippen molar-refractivity contribution in [3.63, 3.8) is 0 Å². The van der Waals surface area contributed by atoms with Gasteiger partial charge in [0.2, 0.25) is 5.91 Å². The van der Waals surface area contributed by atoms with Crippen LogP contribution in [0.2, 0.25) is 0 Å². The van der Waals surface area contributed by atoms with E-state index >= 15 is 0 Å². The van der Waals surface area contributed by atoms with Crippen LogP contribution in [-0.4, -0.2) is 40.6 Å². The van der Waals surface area contributed by atoms with Gasteiger partial charge in [-0.15, -0.1) is 0 Å². The third-order valence-corrected chi connectivity index (χ3v) is 4.83. The number of para-hydroxylation sites is 1. The molecule has 5 heteroatoms. The predicted molar refractivity (Wildman–Crippen MR) is 84.2 cm³/mol. The van der Waals surface area contributed by atoms with E-state index in [4.69, 9.17) is 5.11 Å². The van der Waals surface area contributed by atoms with Gasteiger partial charge in [-0.25, -0.2) is 4.79 Å². The molecule has 1 N–H and O–H groups in total. The van der Waals surface area contributed by atoms with Crippen molar-refractivity contribution in [2.75, 3.05) is 18.0 Å². The van der Waals surface area contributed by atoms with Gasteiger partial charge >= 0.3 is 6.09 Å². The molecule has 2 heterocycles. The lowest BCUT2D eigenvalue weighted by molar-refractivity contribution is -0.125. The summed E-state index contributed by atoms with van der Waals surface area (Å²) in [7, 11) is 0. The average Bonchev–Trinajstić information content (AvgIpc) is 2.69. The first-order chi connectivity index (χ1) is 10.3. The van der Waals surface area contributed by atoms with Crippen LogP contribution in [0.4, 0.5) is 10.5 Å². The number of fused-ring (bicyclic) bond motifs is 2. The second-order valence-electron chi connectivity index (χ2n) is 7.18. The molecule has 2 amide bonds. The molecule has 1 saturated heterocycles. The first-order valence-corrected chi connectivity index (χ1v) is 7.69. The Bertz CT molecular complexity index is 625. The lowest BCUT2D eigenvalue weighted by atomic mass is 9.73. The van der Waals surface area contributed by atoms with Gasteiger partial charge in [-0.2, -0.15) is 0 Å². The predicted octanol–water partition coefficient (Wildman–Crippen LogP) is 2.84. The molecule has 1 fully saturated rings. The van der Waals surface area contributed by atoms with Gasteiger partial charge in [-0.3, -0.25) is 4.79 Å². The molecule has 2 aliphatic heterocycles. The second-order valence-corrected chi connectivity index (χ2v) is 7.18. The number of carbonyl (C=O) groups excluding carboxylic acids is 1. The highest BCUT2D eigenvalue weighted by molar-refractivity contribution is 6.09. The molecule has 3 rings (SSSR count). The van der Waals surface area contributed by atoms with Crippen molar-refractivity contribution in [2.24, 2.45) is 0 Å². The van der Waals surface area contributed by atoms with E-state index in [1.54, 1.807) is 0 Å². The first kappa shape index (κ1) is 14.9. The van der Waals surface area contributed by atoms with Crippen molar-refractivity contribution >= 4 is 17.7 Å². The highest BCUT2D eigenvalue weighted by Gasteiger charge is 2.54. The molecule has 1 aromatic rings. The van der Waals surface area contributed by atoms with Gasteiger partial charge in [0, 0.05) is 24.3 Å². The van der Waals surface area contributed by atoms with Crippen molar-refractivity contribution in [3.05, 3.63) is 29.8 Å². The van der Waals surface area contributed by atoms with Crippen LogP contribution in [0.25, 0.3) is 0 Å². The summed E-state index contributed by atoms with van der Waals surface area (Å²) in [5, 5.41) is 9.14. The summed E-state index contributed by atoms with van der Waals surface area (Å²) in [4.78, 5) is 27.7. The smallest absolute Gasteiger partial charge is 0.407 e. The van der Waals surface area contributed by atoms with Crippen LogP contribution < -0.4 is 4.90 Å². The van der Waals surface area contributed by atoms with E-state index in [1.165, 1.54) is 4.90 Å². The van der Waals surface area contributed by atoms with Crippen molar-refractivity contribution in [2.45, 2.75) is 44.6 Å². The van der Waals surface area contributed by atoms with Crippen LogP contribution in [0, 0.1) is 0 Å². The molecule has 22 heavy (non-hydrogen) atoms. The van der Waals surface area contributed by atoms with Gasteiger partial charge in [-0.1, -0.05) is 18.2 Å². The highest BCUT2D eigenvalue weighted by atomic mass is 16.4. The molecule has 0 bridgehead atoms. The molecule has 1 aromatic carbocycles. The van der Waals surface area contributed by atoms with Crippen LogP contribution in [0.1, 0.15) is 39.2 Å². The summed E-state index contributed by atoms with van der Waals surface area (Å²) < 4.78 is 0. The highest BCUT2D eigenvalue weighted by Crippen LogP contribution is 2.49. The van der Waals surface area contributed by atoms with Crippen LogP contribution in [0.15, 0.2) is 24.3 Å². The summed E-state index contributed by atoms with van der Waals surface area (Å²) in [6, 6.07) is 7.94. The lowest BCUT2D eigenvalue weighted by Crippen LogP contribution is -2.53. The van der Waals surface area contributed by atoms with E-state index in [9.17, 15) is 9.59 Å². The number of hydrogen-bond acceptors (Lipinski definition) is 2. The van der Waals surface area contributed by atoms with Gasteiger partial charge in [0.25, 0.3) is 0 Å². The normalized spacial score (nSPS) is 20.4. The fraction of sp³-hybridized carbons (Fsp3) is 0.529. The number of amides is 2. The van der Waals surface area contributed by atoms with Gasteiger partial charge in [0.1, 0.15) is 0 Å². The van der Waals surface area contributed by atoms with Crippen LogP contribution in [-0.2, 0) is 10.2 Å². The van der Waals surface area contributed by atoms with Gasteiger partial charge in [-0.05, 0) is 45.2 Å². The van der Waals surface area contributed by atoms with Crippen LogP contribution in [0.3, 0.4) is 0 Å². The van der Waals surface area contributed by atoms with E-state index in [1.807, 2.05) is 49.9 Å². The molecule has 0 atom stereocenters. The maximum atomic E-state index is 13.2. The fourth-order valence-electron chi connectivity index (χ4n) is 3.74. The second kappa shape index (κ2) is 4.73. The fourth-order valence-corrected chi connectivity index (χ4v) is 3.74. The summed E-state index contributed by atoms with van der Waals surface area (Å²) in [6.07, 6.45) is 0.213. The number of carboxylic acid groups (broad SMARTS) is 1. The van der Waals surface area contributed by atoms with Crippen LogP contribution in [0.5, 0.6) is 0 Å². The first-order valence-electron chi connectivity index (χ1n) is 7.69. The maximum Gasteiger partial charge on any atom is 0.407 e. The number of carbonyl (C=O) groups is 2. The number of nitrogens with zero attached hydrogens (tertiary/aromatic N) is 2. The van der Waals surface area contributed by atoms with Crippen LogP contribution >= 0.6 is 0 Å². The Morgan fingerprint density at radius 1 is 1.18 bits per heavy atom. The third-order valence-electron chi connectivity index (χ3n) is 4.83. The number of rotatable bonds is 0. The largest absolute Gasteiger partial charge is 0.465 e. The molecule has 0 saturated carbocycles. The minimum Gasteiger partial charge on any atom is -0.465 e. The summed E-state index contributed by atoms with van der Waals surface area (Å²) >= 11 is 0. The Morgan fingerprint density at radius 3 is 2.32 bits per heavy atom. The third kappa shape index (κ3) is 1.99. The molecule has 0 unspecified atom stereocenters. The molecule has 5 nitrogen and oxygen atoms in total. The summed E-state index contributed by atoms with van der Waals surface area (Å²) in [5.74, 6) is 0.117. The topological polar surface area (TPSA) is 60.9 Å². The average molecular weight is 302 g/mol. The summed E-state index contributed by atoms with van der Waals surface area (Å²) in [6.45, 7) is 6.92. The zero-order valence-electron chi connectivity index (χ0n) is 13.3. The molecule has 0 aromatic heterocycles. The Hall–Kier alpha value is -2.04. The molecule has 118 valence electrons. The van der Waals surface area contributed by atoms with E-state index in [-0.39, 0.29) is 11.4 Å². The van der Waals surface area contributed by atoms with E-state index in [0.29, 0.717) is 25.9 Å². The zero-order valence-corrected chi connectivity index (χ0v) is 13.3. The maximum absolute atomic E-state index is 13.2. The molecular weight excluding hydrogens is 280 g/mol. The SMILES string of the molecule is CC(C)(C)N1C(=O)C2(CCN(C(=O)O)CC2)c2ccccc21. The number of likely N-dealkylation sites (tertiary alicyclic amines) is 1. The van der Waals surface area contributed by atoms with Gasteiger partial charge in [0.15, 0.2) is 0 Å². The van der Waals surface area contributed by atoms with Crippen molar-refractivity contribution in [3.8, 4) is 0 Å². The Kier molecular flexibility index (Phi) is 3.20. The molecule has 0 aliphatic carbocycles. The quantitative estimate of drug-likeness (QED) is 0.801. The Labute approximate surface area is 130 Å². The number of anilines is 1. The van der Waals surface area contributed by atoms with E-state index < -0.39 is 11.5 Å². The summed E-state index contributed by atoms with van der Waals surface area (Å²) in [5.41, 5.74) is 1.18. The van der Waals surface area contributed by atoms with Crippen molar-refractivity contribution in [1.82, 2.24) is 4.90 Å². The van der Waals surface area contributed by atoms with Gasteiger partial charge < -0.3 is 14.9 Å². The number of benzene rings is 1. The molecular formula is C17H22N2O3. The van der Waals surface area contributed by atoms with Gasteiger partial charge in [0.05, 0.1) is 5.41 Å². The van der Waals surface area contributed by atoms with E-state index in [2.05, 4.69) is 0 Å². The molecule has 2 aliphatic rings. The monoisotopic (exact) mass is 302 g/mol. The Balaban J connectivity index is 2.04. The molecule has 0 radical (unpaired) electrons. The number of piperidine rings is 1. The van der Waals surface area contributed by atoms with E-state index in [0.717, 1.165) is 11.3 Å². The molecule has 1 spiro atoms. The lowest BCUT2D eigenvalue weighted by Gasteiger charge is -2.39. The minimum absolute atomic E-state index is 0.117. The van der Waals surface area contributed by atoms with Crippen molar-refractivity contribution in [1.29, 1.82) is 0 Å². The van der Waals surface area contributed by atoms with Crippen molar-refractivity contribution < 1.29 is 14.7 Å².